The van der Waals surface area contributed by atoms with Crippen molar-refractivity contribution in [1.82, 2.24) is 0 Å². The smallest absolute Gasteiger partial charge is 0.320 e. The van der Waals surface area contributed by atoms with E-state index in [9.17, 15) is 4.79 Å². The molecule has 1 N–H and O–H groups in total. The predicted molar refractivity (Wildman–Crippen MR) is 48.0 cm³/mol. The standard InChI is InChI=1S/C8H11BrO3/c1-5(9)8(11)12-7-3-2-6(10)4-7/h2-3,5-7,10H,4H2,1H3/t5-,6+,7-/m1/s1. The summed E-state index contributed by atoms with van der Waals surface area (Å²) in [7, 11) is 0. The third-order valence-corrected chi connectivity index (χ3v) is 1.99. The van der Waals surface area contributed by atoms with E-state index in [1.807, 2.05) is 0 Å². The Morgan fingerprint density at radius 1 is 1.75 bits per heavy atom. The number of alkyl halides is 1. The molecular weight excluding hydrogens is 224 g/mol. The summed E-state index contributed by atoms with van der Waals surface area (Å²) in [5.41, 5.74) is 0. The van der Waals surface area contributed by atoms with Crippen molar-refractivity contribution in [3.8, 4) is 0 Å². The molecule has 0 fully saturated rings. The predicted octanol–water partition coefficient (Wildman–Crippen LogP) is 1.00. The van der Waals surface area contributed by atoms with Gasteiger partial charge in [0.05, 0.1) is 6.10 Å². The summed E-state index contributed by atoms with van der Waals surface area (Å²) in [6.07, 6.45) is 3.10. The number of carbonyl (C=O) groups excluding carboxylic acids is 1. The number of rotatable bonds is 2. The molecule has 0 aromatic heterocycles. The molecule has 0 radical (unpaired) electrons. The highest BCUT2D eigenvalue weighted by atomic mass is 79.9. The number of esters is 1. The Hall–Kier alpha value is -0.350. The number of aliphatic hydroxyl groups is 1. The lowest BCUT2D eigenvalue weighted by molar-refractivity contribution is -0.146. The summed E-state index contributed by atoms with van der Waals surface area (Å²) in [4.78, 5) is 10.7. The Bertz CT molecular complexity index is 200. The molecule has 1 rings (SSSR count). The van der Waals surface area contributed by atoms with Crippen LogP contribution in [0.2, 0.25) is 0 Å². The second-order valence-electron chi connectivity index (χ2n) is 2.78. The topological polar surface area (TPSA) is 46.5 Å². The molecule has 0 saturated carbocycles. The lowest BCUT2D eigenvalue weighted by atomic mass is 10.3. The van der Waals surface area contributed by atoms with E-state index < -0.39 is 6.10 Å². The van der Waals surface area contributed by atoms with Crippen LogP contribution in [0.5, 0.6) is 0 Å². The average Bonchev–Trinajstić information content (AvgIpc) is 2.35. The first-order chi connectivity index (χ1) is 5.59. The Morgan fingerprint density at radius 3 is 2.83 bits per heavy atom. The molecule has 0 bridgehead atoms. The molecule has 0 saturated heterocycles. The zero-order valence-electron chi connectivity index (χ0n) is 6.74. The van der Waals surface area contributed by atoms with Crippen LogP contribution in [0.3, 0.4) is 0 Å². The van der Waals surface area contributed by atoms with Gasteiger partial charge in [0.25, 0.3) is 0 Å². The molecule has 1 aliphatic rings. The van der Waals surface area contributed by atoms with Gasteiger partial charge < -0.3 is 9.84 Å². The van der Waals surface area contributed by atoms with Crippen LogP contribution >= 0.6 is 15.9 Å². The van der Waals surface area contributed by atoms with Crippen LogP contribution in [0.25, 0.3) is 0 Å². The van der Waals surface area contributed by atoms with Gasteiger partial charge in [0.1, 0.15) is 10.9 Å². The van der Waals surface area contributed by atoms with Crippen LogP contribution in [0.15, 0.2) is 12.2 Å². The van der Waals surface area contributed by atoms with Crippen molar-refractivity contribution in [2.24, 2.45) is 0 Å². The maximum absolute atomic E-state index is 11.0. The fourth-order valence-electron chi connectivity index (χ4n) is 0.978. The van der Waals surface area contributed by atoms with Crippen molar-refractivity contribution >= 4 is 21.9 Å². The normalized spacial score (nSPS) is 30.2. The first-order valence-electron chi connectivity index (χ1n) is 3.80. The minimum Gasteiger partial charge on any atom is -0.457 e. The highest BCUT2D eigenvalue weighted by Gasteiger charge is 2.21. The second kappa shape index (κ2) is 4.05. The molecule has 3 nitrogen and oxygen atoms in total. The SMILES string of the molecule is C[C@@H](Br)C(=O)O[C@@H]1C=C[C@H](O)C1. The molecular formula is C8H11BrO3. The van der Waals surface area contributed by atoms with Crippen LogP contribution in [-0.2, 0) is 9.53 Å². The third-order valence-electron chi connectivity index (χ3n) is 1.61. The lowest BCUT2D eigenvalue weighted by Gasteiger charge is -2.11. The maximum atomic E-state index is 11.0. The number of halogens is 1. The lowest BCUT2D eigenvalue weighted by Crippen LogP contribution is -2.21. The van der Waals surface area contributed by atoms with Gasteiger partial charge in [0.2, 0.25) is 0 Å². The summed E-state index contributed by atoms with van der Waals surface area (Å²) in [5, 5.41) is 9.06. The van der Waals surface area contributed by atoms with Crippen molar-refractivity contribution in [3.05, 3.63) is 12.2 Å². The van der Waals surface area contributed by atoms with Crippen LogP contribution in [0, 0.1) is 0 Å². The number of aliphatic hydroxyl groups excluding tert-OH is 1. The van der Waals surface area contributed by atoms with Gasteiger partial charge in [-0.2, -0.15) is 0 Å². The number of ether oxygens (including phenoxy) is 1. The van der Waals surface area contributed by atoms with Crippen molar-refractivity contribution < 1.29 is 14.6 Å². The molecule has 0 amide bonds. The largest absolute Gasteiger partial charge is 0.457 e. The Kier molecular flexibility index (Phi) is 3.29. The molecule has 4 heteroatoms. The molecule has 0 spiro atoms. The summed E-state index contributed by atoms with van der Waals surface area (Å²) < 4.78 is 5.01. The molecule has 0 aromatic carbocycles. The minimum absolute atomic E-state index is 0.257. The fourth-order valence-corrected chi connectivity index (χ4v) is 1.09. The number of hydrogen-bond acceptors (Lipinski definition) is 3. The molecule has 3 atom stereocenters. The monoisotopic (exact) mass is 234 g/mol. The van der Waals surface area contributed by atoms with Crippen molar-refractivity contribution in [2.45, 2.75) is 30.4 Å². The van der Waals surface area contributed by atoms with Gasteiger partial charge in [-0.1, -0.05) is 22.0 Å². The molecule has 68 valence electrons. The first-order valence-corrected chi connectivity index (χ1v) is 4.72. The van der Waals surface area contributed by atoms with Gasteiger partial charge in [0, 0.05) is 6.42 Å². The van der Waals surface area contributed by atoms with E-state index in [4.69, 9.17) is 9.84 Å². The third kappa shape index (κ3) is 2.60. The molecule has 0 aromatic rings. The molecule has 0 aliphatic heterocycles. The Balaban J connectivity index is 2.34. The van der Waals surface area contributed by atoms with Crippen molar-refractivity contribution in [3.63, 3.8) is 0 Å². The first kappa shape index (κ1) is 9.74. The van der Waals surface area contributed by atoms with E-state index >= 15 is 0 Å². The highest BCUT2D eigenvalue weighted by Crippen LogP contribution is 2.15. The molecule has 0 unspecified atom stereocenters. The summed E-state index contributed by atoms with van der Waals surface area (Å²) in [5.74, 6) is -0.293. The highest BCUT2D eigenvalue weighted by molar-refractivity contribution is 9.10. The van der Waals surface area contributed by atoms with E-state index in [-0.39, 0.29) is 16.9 Å². The quantitative estimate of drug-likeness (QED) is 0.441. The van der Waals surface area contributed by atoms with Crippen LogP contribution < -0.4 is 0 Å². The Labute approximate surface area is 79.5 Å². The van der Waals surface area contributed by atoms with Crippen molar-refractivity contribution in [2.75, 3.05) is 0 Å². The van der Waals surface area contributed by atoms with Gasteiger partial charge >= 0.3 is 5.97 Å². The van der Waals surface area contributed by atoms with E-state index in [1.165, 1.54) is 0 Å². The van der Waals surface area contributed by atoms with Crippen LogP contribution in [0.4, 0.5) is 0 Å². The van der Waals surface area contributed by atoms with E-state index in [0.717, 1.165) is 0 Å². The van der Waals surface area contributed by atoms with Crippen molar-refractivity contribution in [1.29, 1.82) is 0 Å². The van der Waals surface area contributed by atoms with Gasteiger partial charge in [-0.25, -0.2) is 0 Å². The average molecular weight is 235 g/mol. The number of hydrogen-bond donors (Lipinski definition) is 1. The number of carbonyl (C=O) groups is 1. The van der Waals surface area contributed by atoms with E-state index in [2.05, 4.69) is 15.9 Å². The molecule has 12 heavy (non-hydrogen) atoms. The van der Waals surface area contributed by atoms with Crippen LogP contribution in [0.1, 0.15) is 13.3 Å². The van der Waals surface area contributed by atoms with Gasteiger partial charge in [-0.15, -0.1) is 0 Å². The Morgan fingerprint density at radius 2 is 2.42 bits per heavy atom. The maximum Gasteiger partial charge on any atom is 0.320 e. The zero-order valence-corrected chi connectivity index (χ0v) is 8.32. The molecule has 1 aliphatic carbocycles. The van der Waals surface area contributed by atoms with Gasteiger partial charge in [-0.05, 0) is 13.0 Å². The zero-order chi connectivity index (χ0) is 9.14. The second-order valence-corrected chi connectivity index (χ2v) is 4.15. The van der Waals surface area contributed by atoms with Crippen LogP contribution in [-0.4, -0.2) is 28.1 Å². The fraction of sp³-hybridized carbons (Fsp3) is 0.625. The van der Waals surface area contributed by atoms with E-state index in [0.29, 0.717) is 6.42 Å². The summed E-state index contributed by atoms with van der Waals surface area (Å²) >= 11 is 3.10. The van der Waals surface area contributed by atoms with E-state index in [1.54, 1.807) is 19.1 Å². The van der Waals surface area contributed by atoms with Gasteiger partial charge in [0.15, 0.2) is 0 Å². The van der Waals surface area contributed by atoms with Gasteiger partial charge in [-0.3, -0.25) is 4.79 Å². The summed E-state index contributed by atoms with van der Waals surface area (Å²) in [6.45, 7) is 1.71. The molecule has 0 heterocycles. The summed E-state index contributed by atoms with van der Waals surface area (Å²) in [6, 6.07) is 0. The minimum atomic E-state index is -0.464.